The van der Waals surface area contributed by atoms with Crippen LogP contribution >= 0.6 is 0 Å². The van der Waals surface area contributed by atoms with Crippen LogP contribution in [-0.2, 0) is 6.54 Å². The van der Waals surface area contributed by atoms with E-state index < -0.39 is 0 Å². The molecule has 0 amide bonds. The Kier molecular flexibility index (Phi) is 3.66. The molecule has 1 aromatic heterocycles. The SMILES string of the molecule is CN=C(NCc1c(C)noc1C)NC1CCC1. The highest BCUT2D eigenvalue weighted by atomic mass is 16.5. The van der Waals surface area contributed by atoms with Crippen molar-refractivity contribution in [2.75, 3.05) is 7.05 Å². The van der Waals surface area contributed by atoms with Gasteiger partial charge in [-0.1, -0.05) is 5.16 Å². The second kappa shape index (κ2) is 5.21. The molecule has 17 heavy (non-hydrogen) atoms. The van der Waals surface area contributed by atoms with Gasteiger partial charge in [-0.3, -0.25) is 4.99 Å². The van der Waals surface area contributed by atoms with E-state index in [0.717, 1.165) is 23.0 Å². The first kappa shape index (κ1) is 12.0. The fraction of sp³-hybridized carbons (Fsp3) is 0.667. The van der Waals surface area contributed by atoms with Crippen LogP contribution in [0.4, 0.5) is 0 Å². The molecule has 1 aromatic rings. The minimum atomic E-state index is 0.589. The van der Waals surface area contributed by atoms with Crippen molar-refractivity contribution in [1.82, 2.24) is 15.8 Å². The summed E-state index contributed by atoms with van der Waals surface area (Å²) in [6, 6.07) is 0.589. The molecular formula is C12H20N4O. The number of aromatic nitrogens is 1. The fourth-order valence-electron chi connectivity index (χ4n) is 1.87. The monoisotopic (exact) mass is 236 g/mol. The van der Waals surface area contributed by atoms with Crippen LogP contribution in [0.5, 0.6) is 0 Å². The van der Waals surface area contributed by atoms with Crippen LogP contribution in [0.2, 0.25) is 0 Å². The van der Waals surface area contributed by atoms with Crippen LogP contribution in [0.3, 0.4) is 0 Å². The average molecular weight is 236 g/mol. The van der Waals surface area contributed by atoms with Gasteiger partial charge in [0.1, 0.15) is 5.76 Å². The van der Waals surface area contributed by atoms with Crippen LogP contribution < -0.4 is 10.6 Å². The number of aryl methyl sites for hydroxylation is 2. The molecule has 0 spiro atoms. The number of hydrogen-bond acceptors (Lipinski definition) is 3. The molecule has 0 saturated heterocycles. The third kappa shape index (κ3) is 2.78. The lowest BCUT2D eigenvalue weighted by Gasteiger charge is -2.28. The first-order valence-corrected chi connectivity index (χ1v) is 6.09. The molecule has 1 fully saturated rings. The van der Waals surface area contributed by atoms with Gasteiger partial charge in [0.25, 0.3) is 0 Å². The maximum Gasteiger partial charge on any atom is 0.191 e. The molecule has 0 aliphatic heterocycles. The van der Waals surface area contributed by atoms with Crippen LogP contribution in [0.1, 0.15) is 36.3 Å². The van der Waals surface area contributed by atoms with Crippen molar-refractivity contribution >= 4 is 5.96 Å². The van der Waals surface area contributed by atoms with Gasteiger partial charge in [0.2, 0.25) is 0 Å². The second-order valence-corrected chi connectivity index (χ2v) is 4.50. The zero-order valence-electron chi connectivity index (χ0n) is 10.7. The van der Waals surface area contributed by atoms with Gasteiger partial charge in [-0.15, -0.1) is 0 Å². The number of aliphatic imine (C=N–C) groups is 1. The predicted octanol–water partition coefficient (Wildman–Crippen LogP) is 1.51. The van der Waals surface area contributed by atoms with E-state index in [9.17, 15) is 0 Å². The highest BCUT2D eigenvalue weighted by Gasteiger charge is 2.18. The van der Waals surface area contributed by atoms with Gasteiger partial charge in [-0.05, 0) is 33.1 Å². The maximum atomic E-state index is 5.12. The number of nitrogens with zero attached hydrogens (tertiary/aromatic N) is 2. The van der Waals surface area contributed by atoms with Crippen molar-refractivity contribution in [3.05, 3.63) is 17.0 Å². The van der Waals surface area contributed by atoms with Crippen molar-refractivity contribution < 1.29 is 4.52 Å². The highest BCUT2D eigenvalue weighted by molar-refractivity contribution is 5.80. The average Bonchev–Trinajstić information content (AvgIpc) is 2.57. The molecule has 0 bridgehead atoms. The largest absolute Gasteiger partial charge is 0.361 e. The molecule has 94 valence electrons. The summed E-state index contributed by atoms with van der Waals surface area (Å²) in [5.74, 6) is 1.73. The Morgan fingerprint density at radius 2 is 2.24 bits per heavy atom. The smallest absolute Gasteiger partial charge is 0.191 e. The topological polar surface area (TPSA) is 62.5 Å². The number of guanidine groups is 1. The summed E-state index contributed by atoms with van der Waals surface area (Å²) in [7, 11) is 1.79. The Hall–Kier alpha value is -1.52. The summed E-state index contributed by atoms with van der Waals surface area (Å²) in [5.41, 5.74) is 2.05. The first-order valence-electron chi connectivity index (χ1n) is 6.09. The molecule has 1 aliphatic carbocycles. The van der Waals surface area contributed by atoms with E-state index in [1.165, 1.54) is 19.3 Å². The molecule has 5 nitrogen and oxygen atoms in total. The van der Waals surface area contributed by atoms with E-state index >= 15 is 0 Å². The van der Waals surface area contributed by atoms with Crippen LogP contribution in [0, 0.1) is 13.8 Å². The van der Waals surface area contributed by atoms with E-state index in [4.69, 9.17) is 4.52 Å². The normalized spacial score (nSPS) is 16.8. The lowest BCUT2D eigenvalue weighted by atomic mass is 9.93. The quantitative estimate of drug-likeness (QED) is 0.617. The molecule has 0 atom stereocenters. The Bertz CT molecular complexity index is 387. The standard InChI is InChI=1S/C12H20N4O/c1-8-11(9(2)17-16-8)7-14-12(13-3)15-10-5-4-6-10/h10H,4-7H2,1-3H3,(H2,13,14,15). The Morgan fingerprint density at radius 1 is 1.47 bits per heavy atom. The number of nitrogens with one attached hydrogen (secondary N) is 2. The lowest BCUT2D eigenvalue weighted by Crippen LogP contribution is -2.46. The third-order valence-corrected chi connectivity index (χ3v) is 3.28. The van der Waals surface area contributed by atoms with Gasteiger partial charge in [0.05, 0.1) is 5.69 Å². The fourth-order valence-corrected chi connectivity index (χ4v) is 1.87. The number of hydrogen-bond donors (Lipinski definition) is 2. The first-order chi connectivity index (χ1) is 8.20. The molecule has 2 rings (SSSR count). The summed E-state index contributed by atoms with van der Waals surface area (Å²) < 4.78 is 5.12. The van der Waals surface area contributed by atoms with Gasteiger partial charge >= 0.3 is 0 Å². The zero-order chi connectivity index (χ0) is 12.3. The summed E-state index contributed by atoms with van der Waals surface area (Å²) >= 11 is 0. The van der Waals surface area contributed by atoms with Crippen molar-refractivity contribution in [3.8, 4) is 0 Å². The van der Waals surface area contributed by atoms with E-state index in [-0.39, 0.29) is 0 Å². The molecule has 1 heterocycles. The summed E-state index contributed by atoms with van der Waals surface area (Å²) in [5, 5.41) is 10.6. The maximum absolute atomic E-state index is 5.12. The highest BCUT2D eigenvalue weighted by Crippen LogP contribution is 2.17. The molecule has 0 aromatic carbocycles. The van der Waals surface area contributed by atoms with E-state index in [1.807, 2.05) is 13.8 Å². The molecule has 5 heteroatoms. The Balaban J connectivity index is 1.87. The molecule has 1 aliphatic rings. The van der Waals surface area contributed by atoms with Crippen LogP contribution in [0.15, 0.2) is 9.52 Å². The molecular weight excluding hydrogens is 216 g/mol. The summed E-state index contributed by atoms with van der Waals surface area (Å²) in [4.78, 5) is 4.21. The van der Waals surface area contributed by atoms with Crippen molar-refractivity contribution in [2.45, 2.75) is 45.7 Å². The third-order valence-electron chi connectivity index (χ3n) is 3.28. The van der Waals surface area contributed by atoms with Crippen molar-refractivity contribution in [1.29, 1.82) is 0 Å². The van der Waals surface area contributed by atoms with Gasteiger partial charge in [-0.2, -0.15) is 0 Å². The number of rotatable bonds is 3. The van der Waals surface area contributed by atoms with E-state index in [1.54, 1.807) is 7.05 Å². The van der Waals surface area contributed by atoms with E-state index in [0.29, 0.717) is 12.6 Å². The van der Waals surface area contributed by atoms with Gasteiger partial charge in [-0.25, -0.2) is 0 Å². The minimum absolute atomic E-state index is 0.589. The predicted molar refractivity (Wildman–Crippen MR) is 67.0 cm³/mol. The minimum Gasteiger partial charge on any atom is -0.361 e. The summed E-state index contributed by atoms with van der Waals surface area (Å²) in [6.07, 6.45) is 3.80. The van der Waals surface area contributed by atoms with Gasteiger partial charge in [0.15, 0.2) is 5.96 Å². The molecule has 0 unspecified atom stereocenters. The second-order valence-electron chi connectivity index (χ2n) is 4.50. The lowest BCUT2D eigenvalue weighted by molar-refractivity contribution is 0.379. The molecule has 0 radical (unpaired) electrons. The summed E-state index contributed by atoms with van der Waals surface area (Å²) in [6.45, 7) is 4.59. The Morgan fingerprint density at radius 3 is 2.71 bits per heavy atom. The van der Waals surface area contributed by atoms with Gasteiger partial charge in [0, 0.05) is 25.2 Å². The van der Waals surface area contributed by atoms with E-state index in [2.05, 4.69) is 20.8 Å². The zero-order valence-corrected chi connectivity index (χ0v) is 10.7. The van der Waals surface area contributed by atoms with Crippen LogP contribution in [-0.4, -0.2) is 24.2 Å². The molecule has 2 N–H and O–H groups in total. The van der Waals surface area contributed by atoms with Gasteiger partial charge < -0.3 is 15.2 Å². The van der Waals surface area contributed by atoms with Crippen molar-refractivity contribution in [3.63, 3.8) is 0 Å². The van der Waals surface area contributed by atoms with Crippen molar-refractivity contribution in [2.24, 2.45) is 4.99 Å². The molecule has 1 saturated carbocycles. The Labute approximate surface area is 102 Å². The van der Waals surface area contributed by atoms with Crippen LogP contribution in [0.25, 0.3) is 0 Å².